The molecule has 0 spiro atoms. The number of carbonyl (C=O) groups is 4. The average Bonchev–Trinajstić information content (AvgIpc) is 2.99. The van der Waals surface area contributed by atoms with Gasteiger partial charge in [-0.1, -0.05) is 0 Å². The number of esters is 1. The predicted molar refractivity (Wildman–Crippen MR) is 139 cm³/mol. The molecule has 4 rings (SSSR count). The molecule has 2 heterocycles. The standard InChI is InChI=1S/C14H11NO4.C8H8O3.C6H5NO2/c1-18-13-7-10(9-16)4-5-12(13)19-14(17)11-3-2-6-15-8-11;1-11-8-4-6(5-9)2-3-7(8)10;8-6(9)5-2-1-3-7-4-5/h2-9H,1H3;2-5,10H,1H3;1-4H,(H,8,9). The summed E-state index contributed by atoms with van der Waals surface area (Å²) in [5, 5.41) is 17.4. The summed E-state index contributed by atoms with van der Waals surface area (Å²) in [6, 6.07) is 15.3. The van der Waals surface area contributed by atoms with Crippen molar-refractivity contribution in [3.8, 4) is 23.0 Å². The van der Waals surface area contributed by atoms with Gasteiger partial charge in [0, 0.05) is 35.9 Å². The fourth-order valence-electron chi connectivity index (χ4n) is 2.74. The molecule has 11 nitrogen and oxygen atoms in total. The van der Waals surface area contributed by atoms with Gasteiger partial charge in [-0.25, -0.2) is 9.59 Å². The van der Waals surface area contributed by atoms with Gasteiger partial charge in [0.1, 0.15) is 12.6 Å². The Kier molecular flexibility index (Phi) is 11.8. The largest absolute Gasteiger partial charge is 0.504 e. The van der Waals surface area contributed by atoms with Crippen LogP contribution >= 0.6 is 0 Å². The minimum absolute atomic E-state index is 0.0399. The van der Waals surface area contributed by atoms with Gasteiger partial charge in [-0.05, 0) is 60.7 Å². The number of hydrogen-bond donors (Lipinski definition) is 2. The molecule has 0 aliphatic carbocycles. The number of pyridine rings is 2. The molecule has 0 aliphatic heterocycles. The molecule has 2 aromatic carbocycles. The first-order valence-electron chi connectivity index (χ1n) is 11.0. The van der Waals surface area contributed by atoms with Crippen molar-refractivity contribution in [2.45, 2.75) is 0 Å². The number of aldehydes is 2. The monoisotopic (exact) mass is 532 g/mol. The van der Waals surface area contributed by atoms with Crippen LogP contribution in [0.3, 0.4) is 0 Å². The van der Waals surface area contributed by atoms with Gasteiger partial charge in [0.2, 0.25) is 0 Å². The van der Waals surface area contributed by atoms with Crippen LogP contribution < -0.4 is 14.2 Å². The number of nitrogens with zero attached hydrogens (tertiary/aromatic N) is 2. The zero-order valence-corrected chi connectivity index (χ0v) is 20.9. The van der Waals surface area contributed by atoms with E-state index in [1.807, 2.05) is 0 Å². The molecule has 2 N–H and O–H groups in total. The summed E-state index contributed by atoms with van der Waals surface area (Å²) < 4.78 is 15.1. The Morgan fingerprint density at radius 1 is 0.744 bits per heavy atom. The van der Waals surface area contributed by atoms with Crippen molar-refractivity contribution in [1.29, 1.82) is 0 Å². The smallest absolute Gasteiger partial charge is 0.345 e. The first-order chi connectivity index (χ1) is 18.8. The van der Waals surface area contributed by atoms with Crippen LogP contribution in [-0.4, -0.2) is 58.9 Å². The van der Waals surface area contributed by atoms with E-state index in [0.717, 1.165) is 0 Å². The van der Waals surface area contributed by atoms with E-state index in [1.54, 1.807) is 30.5 Å². The molecule has 0 aliphatic rings. The van der Waals surface area contributed by atoms with Gasteiger partial charge in [0.15, 0.2) is 23.0 Å². The van der Waals surface area contributed by atoms with Crippen LogP contribution in [0.15, 0.2) is 85.5 Å². The van der Waals surface area contributed by atoms with Crippen LogP contribution in [-0.2, 0) is 0 Å². The van der Waals surface area contributed by atoms with Crippen LogP contribution in [0.1, 0.15) is 41.4 Å². The maximum atomic E-state index is 11.8. The Morgan fingerprint density at radius 3 is 1.74 bits per heavy atom. The average molecular weight is 533 g/mol. The highest BCUT2D eigenvalue weighted by atomic mass is 16.6. The summed E-state index contributed by atoms with van der Waals surface area (Å²) in [4.78, 5) is 50.4. The maximum Gasteiger partial charge on any atom is 0.345 e. The van der Waals surface area contributed by atoms with E-state index >= 15 is 0 Å². The Hall–Kier alpha value is -5.58. The van der Waals surface area contributed by atoms with Crippen LogP contribution in [0.25, 0.3) is 0 Å². The van der Waals surface area contributed by atoms with Gasteiger partial charge < -0.3 is 24.4 Å². The summed E-state index contributed by atoms with van der Waals surface area (Å²) in [6.45, 7) is 0. The van der Waals surface area contributed by atoms with Crippen molar-refractivity contribution in [1.82, 2.24) is 9.97 Å². The van der Waals surface area contributed by atoms with Crippen LogP contribution in [0.2, 0.25) is 0 Å². The molecule has 0 atom stereocenters. The lowest BCUT2D eigenvalue weighted by Crippen LogP contribution is -2.09. The number of hydrogen-bond acceptors (Lipinski definition) is 10. The number of phenols is 1. The lowest BCUT2D eigenvalue weighted by atomic mass is 10.2. The lowest BCUT2D eigenvalue weighted by molar-refractivity contribution is 0.0693. The van der Waals surface area contributed by atoms with E-state index in [9.17, 15) is 19.2 Å². The van der Waals surface area contributed by atoms with E-state index in [2.05, 4.69) is 9.97 Å². The number of benzene rings is 2. The van der Waals surface area contributed by atoms with Crippen molar-refractivity contribution >= 4 is 24.5 Å². The van der Waals surface area contributed by atoms with Gasteiger partial charge in [0.05, 0.1) is 25.3 Å². The molecule has 0 saturated carbocycles. The molecule has 39 heavy (non-hydrogen) atoms. The fraction of sp³-hybridized carbons (Fsp3) is 0.0714. The molecule has 0 bridgehead atoms. The predicted octanol–water partition coefficient (Wildman–Crippen LogP) is 4.12. The third kappa shape index (κ3) is 9.42. The lowest BCUT2D eigenvalue weighted by Gasteiger charge is -2.09. The number of aromatic nitrogens is 2. The number of phenolic OH excluding ortho intramolecular Hbond substituents is 1. The second-order valence-electron chi connectivity index (χ2n) is 7.26. The number of carbonyl (C=O) groups excluding carboxylic acids is 3. The van der Waals surface area contributed by atoms with Gasteiger partial charge >= 0.3 is 11.9 Å². The van der Waals surface area contributed by atoms with E-state index in [0.29, 0.717) is 40.8 Å². The van der Waals surface area contributed by atoms with Crippen molar-refractivity contribution in [2.75, 3.05) is 14.2 Å². The molecule has 0 saturated heterocycles. The van der Waals surface area contributed by atoms with Gasteiger partial charge in [-0.15, -0.1) is 0 Å². The molecule has 4 aromatic rings. The minimum atomic E-state index is -0.942. The summed E-state index contributed by atoms with van der Waals surface area (Å²) >= 11 is 0. The van der Waals surface area contributed by atoms with Crippen molar-refractivity contribution in [3.05, 3.63) is 108 Å². The number of aromatic carboxylic acids is 1. The zero-order valence-electron chi connectivity index (χ0n) is 20.9. The number of rotatable bonds is 7. The minimum Gasteiger partial charge on any atom is -0.504 e. The molecular weight excluding hydrogens is 508 g/mol. The van der Waals surface area contributed by atoms with Crippen LogP contribution in [0.4, 0.5) is 0 Å². The highest BCUT2D eigenvalue weighted by Crippen LogP contribution is 2.28. The van der Waals surface area contributed by atoms with E-state index < -0.39 is 11.9 Å². The second-order valence-corrected chi connectivity index (χ2v) is 7.26. The fourth-order valence-corrected chi connectivity index (χ4v) is 2.74. The summed E-state index contributed by atoms with van der Waals surface area (Å²) in [6.07, 6.45) is 7.21. The second kappa shape index (κ2) is 15.5. The van der Waals surface area contributed by atoms with Crippen molar-refractivity contribution in [2.24, 2.45) is 0 Å². The number of carboxylic acid groups (broad SMARTS) is 1. The number of ether oxygens (including phenoxy) is 3. The quantitative estimate of drug-likeness (QED) is 0.200. The van der Waals surface area contributed by atoms with Gasteiger partial charge in [-0.3, -0.25) is 19.6 Å². The summed E-state index contributed by atoms with van der Waals surface area (Å²) in [5.41, 5.74) is 1.49. The third-order valence-corrected chi connectivity index (χ3v) is 4.67. The molecule has 0 amide bonds. The number of methoxy groups -OCH3 is 2. The Balaban J connectivity index is 0.000000226. The van der Waals surface area contributed by atoms with E-state index in [-0.39, 0.29) is 17.1 Å². The van der Waals surface area contributed by atoms with Crippen molar-refractivity contribution < 1.29 is 43.6 Å². The number of carboxylic acids is 1. The highest BCUT2D eigenvalue weighted by molar-refractivity contribution is 5.91. The van der Waals surface area contributed by atoms with Crippen LogP contribution in [0.5, 0.6) is 23.0 Å². The van der Waals surface area contributed by atoms with E-state index in [1.165, 1.54) is 69.2 Å². The molecule has 0 fully saturated rings. The van der Waals surface area contributed by atoms with Crippen LogP contribution in [0, 0.1) is 0 Å². The molecule has 0 radical (unpaired) electrons. The first kappa shape index (κ1) is 29.6. The molecule has 2 aromatic heterocycles. The Morgan fingerprint density at radius 2 is 1.28 bits per heavy atom. The maximum absolute atomic E-state index is 11.8. The normalized spacial score (nSPS) is 9.38. The van der Waals surface area contributed by atoms with E-state index in [4.69, 9.17) is 24.4 Å². The zero-order chi connectivity index (χ0) is 28.6. The summed E-state index contributed by atoms with van der Waals surface area (Å²) in [7, 11) is 2.87. The summed E-state index contributed by atoms with van der Waals surface area (Å²) in [5.74, 6) is -0.551. The Bertz CT molecular complexity index is 1400. The van der Waals surface area contributed by atoms with Gasteiger partial charge in [-0.2, -0.15) is 0 Å². The topological polar surface area (TPSA) is 162 Å². The molecule has 0 unspecified atom stereocenters. The first-order valence-corrected chi connectivity index (χ1v) is 11.0. The molecule has 200 valence electrons. The third-order valence-electron chi connectivity index (χ3n) is 4.67. The van der Waals surface area contributed by atoms with Gasteiger partial charge in [0.25, 0.3) is 0 Å². The molecular formula is C28H24N2O9. The highest BCUT2D eigenvalue weighted by Gasteiger charge is 2.12. The SMILES string of the molecule is COc1cc(C=O)ccc1O.COc1cc(C=O)ccc1OC(=O)c1cccnc1.O=C(O)c1cccnc1. The Labute approximate surface area is 223 Å². The molecule has 11 heteroatoms. The number of aromatic hydroxyl groups is 1. The van der Waals surface area contributed by atoms with Crippen molar-refractivity contribution in [3.63, 3.8) is 0 Å².